The van der Waals surface area contributed by atoms with Crippen LogP contribution in [0.3, 0.4) is 0 Å². The Morgan fingerprint density at radius 1 is 1.11 bits per heavy atom. The van der Waals surface area contributed by atoms with Gasteiger partial charge in [0.1, 0.15) is 12.4 Å². The van der Waals surface area contributed by atoms with Crippen molar-refractivity contribution in [1.29, 1.82) is 0 Å². The number of nitrogens with two attached hydrogens (primary N) is 1. The molecular formula is C13H12BrNO3S. The van der Waals surface area contributed by atoms with Crippen molar-refractivity contribution in [3.8, 4) is 5.75 Å². The van der Waals surface area contributed by atoms with Crippen molar-refractivity contribution < 1.29 is 13.2 Å². The van der Waals surface area contributed by atoms with E-state index in [2.05, 4.69) is 15.9 Å². The first-order valence-corrected chi connectivity index (χ1v) is 7.79. The summed E-state index contributed by atoms with van der Waals surface area (Å²) in [6.07, 6.45) is 0. The predicted octanol–water partition coefficient (Wildman–Crippen LogP) is 2.68. The summed E-state index contributed by atoms with van der Waals surface area (Å²) < 4.78 is 29.0. The van der Waals surface area contributed by atoms with Crippen LogP contribution in [0, 0.1) is 0 Å². The fourth-order valence-electron chi connectivity index (χ4n) is 1.49. The molecule has 0 unspecified atom stereocenters. The third-order valence-electron chi connectivity index (χ3n) is 2.45. The van der Waals surface area contributed by atoms with Crippen LogP contribution in [-0.4, -0.2) is 8.42 Å². The first-order valence-electron chi connectivity index (χ1n) is 5.45. The highest BCUT2D eigenvalue weighted by molar-refractivity contribution is 9.10. The molecule has 0 bridgehead atoms. The van der Waals surface area contributed by atoms with Crippen molar-refractivity contribution in [3.05, 3.63) is 58.6 Å². The van der Waals surface area contributed by atoms with Crippen LogP contribution in [0.15, 0.2) is 57.9 Å². The zero-order chi connectivity index (χ0) is 13.9. The zero-order valence-corrected chi connectivity index (χ0v) is 12.3. The Morgan fingerprint density at radius 2 is 1.79 bits per heavy atom. The quantitative estimate of drug-likeness (QED) is 0.929. The molecule has 19 heavy (non-hydrogen) atoms. The Bertz CT molecular complexity index is 669. The van der Waals surface area contributed by atoms with Gasteiger partial charge in [-0.1, -0.05) is 34.1 Å². The maximum atomic E-state index is 11.2. The number of hydrogen-bond donors (Lipinski definition) is 1. The van der Waals surface area contributed by atoms with Crippen molar-refractivity contribution >= 4 is 26.0 Å². The minimum Gasteiger partial charge on any atom is -0.489 e. The Morgan fingerprint density at radius 3 is 2.42 bits per heavy atom. The monoisotopic (exact) mass is 341 g/mol. The lowest BCUT2D eigenvalue weighted by molar-refractivity contribution is 0.305. The lowest BCUT2D eigenvalue weighted by Crippen LogP contribution is -2.12. The van der Waals surface area contributed by atoms with Gasteiger partial charge < -0.3 is 4.74 Å². The molecule has 0 amide bonds. The zero-order valence-electron chi connectivity index (χ0n) is 9.91. The van der Waals surface area contributed by atoms with Crippen LogP contribution >= 0.6 is 15.9 Å². The molecule has 0 aliphatic carbocycles. The molecule has 0 atom stereocenters. The highest BCUT2D eigenvalue weighted by Crippen LogP contribution is 2.18. The molecule has 0 heterocycles. The summed E-state index contributed by atoms with van der Waals surface area (Å²) in [5.41, 5.74) is 0.990. The molecule has 0 saturated carbocycles. The van der Waals surface area contributed by atoms with Crippen molar-refractivity contribution in [2.24, 2.45) is 5.14 Å². The summed E-state index contributed by atoms with van der Waals surface area (Å²) in [4.78, 5) is 0.0424. The number of halogens is 1. The Hall–Kier alpha value is -1.37. The van der Waals surface area contributed by atoms with Gasteiger partial charge in [0.15, 0.2) is 0 Å². The standard InChI is InChI=1S/C13H12BrNO3S/c14-11-6-4-10(5-7-11)9-18-12-2-1-3-13(8-12)19(15,16)17/h1-8H,9H2,(H2,15,16,17). The molecular weight excluding hydrogens is 330 g/mol. The SMILES string of the molecule is NS(=O)(=O)c1cccc(OCc2ccc(Br)cc2)c1. The lowest BCUT2D eigenvalue weighted by Gasteiger charge is -2.07. The van der Waals surface area contributed by atoms with Gasteiger partial charge in [0.2, 0.25) is 10.0 Å². The first-order chi connectivity index (χ1) is 8.95. The Labute approximate surface area is 120 Å². The van der Waals surface area contributed by atoms with Gasteiger partial charge in [-0.3, -0.25) is 0 Å². The first kappa shape index (κ1) is 14.0. The van der Waals surface area contributed by atoms with Crippen LogP contribution in [0.1, 0.15) is 5.56 Å². The molecule has 2 N–H and O–H groups in total. The van der Waals surface area contributed by atoms with Gasteiger partial charge in [0.05, 0.1) is 4.90 Å². The lowest BCUT2D eigenvalue weighted by atomic mass is 10.2. The molecule has 0 aromatic heterocycles. The summed E-state index contributed by atoms with van der Waals surface area (Å²) in [6.45, 7) is 0.362. The maximum Gasteiger partial charge on any atom is 0.238 e. The smallest absolute Gasteiger partial charge is 0.238 e. The number of sulfonamides is 1. The van der Waals surface area contributed by atoms with Crippen molar-refractivity contribution in [2.45, 2.75) is 11.5 Å². The van der Waals surface area contributed by atoms with Gasteiger partial charge in [-0.2, -0.15) is 0 Å². The number of hydrogen-bond acceptors (Lipinski definition) is 3. The van der Waals surface area contributed by atoms with E-state index in [1.807, 2.05) is 24.3 Å². The summed E-state index contributed by atoms with van der Waals surface area (Å²) >= 11 is 3.35. The van der Waals surface area contributed by atoms with Crippen molar-refractivity contribution in [1.82, 2.24) is 0 Å². The molecule has 2 rings (SSSR count). The third kappa shape index (κ3) is 4.05. The number of rotatable bonds is 4. The van der Waals surface area contributed by atoms with Gasteiger partial charge in [0, 0.05) is 10.5 Å². The molecule has 6 heteroatoms. The summed E-state index contributed by atoms with van der Waals surface area (Å²) in [5.74, 6) is 0.467. The summed E-state index contributed by atoms with van der Waals surface area (Å²) in [7, 11) is -3.70. The fraction of sp³-hybridized carbons (Fsp3) is 0.0769. The van der Waals surface area contributed by atoms with Crippen LogP contribution < -0.4 is 9.88 Å². The van der Waals surface area contributed by atoms with Gasteiger partial charge >= 0.3 is 0 Å². The van der Waals surface area contributed by atoms with Crippen LogP contribution in [0.5, 0.6) is 5.75 Å². The fourth-order valence-corrected chi connectivity index (χ4v) is 2.30. The second-order valence-electron chi connectivity index (χ2n) is 3.94. The summed E-state index contributed by atoms with van der Waals surface area (Å²) in [5, 5.41) is 5.06. The Kier molecular flexibility index (Phi) is 4.24. The van der Waals surface area contributed by atoms with Crippen molar-refractivity contribution in [2.75, 3.05) is 0 Å². The van der Waals surface area contributed by atoms with E-state index in [1.165, 1.54) is 12.1 Å². The second kappa shape index (κ2) is 5.73. The minimum atomic E-state index is -3.70. The molecule has 2 aromatic carbocycles. The van der Waals surface area contributed by atoms with Crippen LogP contribution in [0.4, 0.5) is 0 Å². The largest absolute Gasteiger partial charge is 0.489 e. The molecule has 0 radical (unpaired) electrons. The van der Waals surface area contributed by atoms with Gasteiger partial charge in [-0.05, 0) is 29.8 Å². The number of benzene rings is 2. The van der Waals surface area contributed by atoms with E-state index in [0.717, 1.165) is 10.0 Å². The average molecular weight is 342 g/mol. The van der Waals surface area contributed by atoms with Crippen LogP contribution in [-0.2, 0) is 16.6 Å². The van der Waals surface area contributed by atoms with Crippen molar-refractivity contribution in [3.63, 3.8) is 0 Å². The molecule has 0 spiro atoms. The van der Waals surface area contributed by atoms with E-state index in [1.54, 1.807) is 12.1 Å². The van der Waals surface area contributed by atoms with E-state index in [4.69, 9.17) is 9.88 Å². The Balaban J connectivity index is 2.10. The number of ether oxygens (including phenoxy) is 1. The molecule has 100 valence electrons. The van der Waals surface area contributed by atoms with Crippen LogP contribution in [0.2, 0.25) is 0 Å². The van der Waals surface area contributed by atoms with E-state index in [-0.39, 0.29) is 4.90 Å². The predicted molar refractivity (Wildman–Crippen MR) is 76.3 cm³/mol. The normalized spacial score (nSPS) is 11.3. The highest BCUT2D eigenvalue weighted by Gasteiger charge is 2.08. The topological polar surface area (TPSA) is 69.4 Å². The van der Waals surface area contributed by atoms with E-state index >= 15 is 0 Å². The summed E-state index contributed by atoms with van der Waals surface area (Å²) in [6, 6.07) is 13.8. The van der Waals surface area contributed by atoms with Gasteiger partial charge in [-0.25, -0.2) is 13.6 Å². The molecule has 4 nitrogen and oxygen atoms in total. The molecule has 0 fully saturated rings. The third-order valence-corrected chi connectivity index (χ3v) is 3.89. The molecule has 0 aliphatic rings. The highest BCUT2D eigenvalue weighted by atomic mass is 79.9. The molecule has 0 saturated heterocycles. The van der Waals surface area contributed by atoms with E-state index < -0.39 is 10.0 Å². The maximum absolute atomic E-state index is 11.2. The van der Waals surface area contributed by atoms with Gasteiger partial charge in [0.25, 0.3) is 0 Å². The molecule has 0 aliphatic heterocycles. The average Bonchev–Trinajstić information content (AvgIpc) is 2.37. The van der Waals surface area contributed by atoms with E-state index in [9.17, 15) is 8.42 Å². The van der Waals surface area contributed by atoms with Gasteiger partial charge in [-0.15, -0.1) is 0 Å². The van der Waals surface area contributed by atoms with E-state index in [0.29, 0.717) is 12.4 Å². The minimum absolute atomic E-state index is 0.0424. The molecule has 2 aromatic rings. The van der Waals surface area contributed by atoms with Crippen LogP contribution in [0.25, 0.3) is 0 Å². The number of primary sulfonamides is 1. The second-order valence-corrected chi connectivity index (χ2v) is 6.41.